The zero-order chi connectivity index (χ0) is 11.7. The molecule has 2 rings (SSSR count). The largest absolute Gasteiger partial charge is 0.491 e. The highest BCUT2D eigenvalue weighted by Crippen LogP contribution is 2.41. The molecular formula is C13H18O3. The lowest BCUT2D eigenvalue weighted by Gasteiger charge is -2.17. The average molecular weight is 222 g/mol. The molecule has 3 heteroatoms. The minimum Gasteiger partial charge on any atom is -0.491 e. The average Bonchev–Trinajstić information content (AvgIpc) is 2.62. The zero-order valence-corrected chi connectivity index (χ0v) is 10.2. The molecule has 16 heavy (non-hydrogen) atoms. The van der Waals surface area contributed by atoms with Crippen LogP contribution in [0.3, 0.4) is 0 Å². The van der Waals surface area contributed by atoms with Crippen LogP contribution in [-0.2, 0) is 0 Å². The SMILES string of the molecule is CC(C)Oc1cc2c(cc1C(C)C)OCO2. The van der Waals surface area contributed by atoms with Crippen LogP contribution in [-0.4, -0.2) is 12.9 Å². The van der Waals surface area contributed by atoms with Gasteiger partial charge in [0.2, 0.25) is 6.79 Å². The first kappa shape index (κ1) is 11.1. The van der Waals surface area contributed by atoms with E-state index in [0.29, 0.717) is 12.7 Å². The molecule has 0 amide bonds. The van der Waals surface area contributed by atoms with Crippen LogP contribution in [0.25, 0.3) is 0 Å². The Hall–Kier alpha value is -1.38. The van der Waals surface area contributed by atoms with E-state index < -0.39 is 0 Å². The number of benzene rings is 1. The second kappa shape index (κ2) is 4.24. The van der Waals surface area contributed by atoms with E-state index in [2.05, 4.69) is 13.8 Å². The highest BCUT2D eigenvalue weighted by Gasteiger charge is 2.19. The van der Waals surface area contributed by atoms with Crippen LogP contribution in [0, 0.1) is 0 Å². The van der Waals surface area contributed by atoms with E-state index in [9.17, 15) is 0 Å². The van der Waals surface area contributed by atoms with Crippen LogP contribution in [0.4, 0.5) is 0 Å². The summed E-state index contributed by atoms with van der Waals surface area (Å²) in [6.45, 7) is 8.64. The topological polar surface area (TPSA) is 27.7 Å². The van der Waals surface area contributed by atoms with Gasteiger partial charge < -0.3 is 14.2 Å². The molecule has 0 spiro atoms. The van der Waals surface area contributed by atoms with E-state index in [4.69, 9.17) is 14.2 Å². The van der Waals surface area contributed by atoms with Crippen molar-refractivity contribution < 1.29 is 14.2 Å². The maximum atomic E-state index is 5.80. The molecule has 1 aromatic carbocycles. The second-order valence-electron chi connectivity index (χ2n) is 4.56. The van der Waals surface area contributed by atoms with Gasteiger partial charge in [0.1, 0.15) is 5.75 Å². The van der Waals surface area contributed by atoms with Crippen molar-refractivity contribution in [3.63, 3.8) is 0 Å². The molecule has 0 unspecified atom stereocenters. The van der Waals surface area contributed by atoms with E-state index in [0.717, 1.165) is 22.8 Å². The highest BCUT2D eigenvalue weighted by molar-refractivity contribution is 5.52. The van der Waals surface area contributed by atoms with Crippen LogP contribution >= 0.6 is 0 Å². The fourth-order valence-electron chi connectivity index (χ4n) is 1.75. The predicted molar refractivity (Wildman–Crippen MR) is 62.4 cm³/mol. The van der Waals surface area contributed by atoms with Crippen LogP contribution in [0.15, 0.2) is 12.1 Å². The number of fused-ring (bicyclic) bond motifs is 1. The van der Waals surface area contributed by atoms with E-state index in [1.807, 2.05) is 26.0 Å². The zero-order valence-electron chi connectivity index (χ0n) is 10.2. The molecule has 0 atom stereocenters. The van der Waals surface area contributed by atoms with E-state index in [1.54, 1.807) is 0 Å². The molecule has 3 nitrogen and oxygen atoms in total. The molecule has 0 saturated carbocycles. The summed E-state index contributed by atoms with van der Waals surface area (Å²) < 4.78 is 16.5. The van der Waals surface area contributed by atoms with Crippen molar-refractivity contribution in [3.05, 3.63) is 17.7 Å². The lowest BCUT2D eigenvalue weighted by atomic mass is 10.0. The molecule has 0 aromatic heterocycles. The highest BCUT2D eigenvalue weighted by atomic mass is 16.7. The molecule has 1 aromatic rings. The van der Waals surface area contributed by atoms with Crippen molar-refractivity contribution in [2.45, 2.75) is 39.7 Å². The molecule has 0 bridgehead atoms. The Labute approximate surface area is 96.3 Å². The van der Waals surface area contributed by atoms with Crippen molar-refractivity contribution in [2.24, 2.45) is 0 Å². The van der Waals surface area contributed by atoms with Gasteiger partial charge >= 0.3 is 0 Å². The summed E-state index contributed by atoms with van der Waals surface area (Å²) in [5.41, 5.74) is 1.16. The summed E-state index contributed by atoms with van der Waals surface area (Å²) in [6.07, 6.45) is 0.165. The second-order valence-corrected chi connectivity index (χ2v) is 4.56. The molecule has 0 aliphatic carbocycles. The van der Waals surface area contributed by atoms with Crippen molar-refractivity contribution in [3.8, 4) is 17.2 Å². The Bertz CT molecular complexity index is 383. The van der Waals surface area contributed by atoms with Crippen LogP contribution in [0.5, 0.6) is 17.2 Å². The Kier molecular flexibility index (Phi) is 2.95. The molecule has 0 N–H and O–H groups in total. The van der Waals surface area contributed by atoms with Crippen molar-refractivity contribution >= 4 is 0 Å². The molecule has 0 saturated heterocycles. The third-order valence-corrected chi connectivity index (χ3v) is 2.49. The molecule has 1 aliphatic heterocycles. The lowest BCUT2D eigenvalue weighted by molar-refractivity contribution is 0.173. The molecule has 1 aliphatic rings. The fourth-order valence-corrected chi connectivity index (χ4v) is 1.75. The summed E-state index contributed by atoms with van der Waals surface area (Å²) >= 11 is 0. The summed E-state index contributed by atoms with van der Waals surface area (Å²) in [5, 5.41) is 0. The number of hydrogen-bond donors (Lipinski definition) is 0. The first-order valence-corrected chi connectivity index (χ1v) is 5.68. The number of hydrogen-bond acceptors (Lipinski definition) is 3. The van der Waals surface area contributed by atoms with Gasteiger partial charge in [0.15, 0.2) is 11.5 Å². The van der Waals surface area contributed by atoms with E-state index >= 15 is 0 Å². The molecule has 88 valence electrons. The van der Waals surface area contributed by atoms with Gasteiger partial charge in [-0.05, 0) is 25.8 Å². The van der Waals surface area contributed by atoms with Crippen molar-refractivity contribution in [2.75, 3.05) is 6.79 Å². The number of ether oxygens (including phenoxy) is 3. The normalized spacial score (nSPS) is 13.6. The Morgan fingerprint density at radius 1 is 1.06 bits per heavy atom. The number of rotatable bonds is 3. The van der Waals surface area contributed by atoms with Gasteiger partial charge in [-0.1, -0.05) is 13.8 Å². The predicted octanol–water partition coefficient (Wildman–Crippen LogP) is 3.33. The summed E-state index contributed by atoms with van der Waals surface area (Å²) in [7, 11) is 0. The quantitative estimate of drug-likeness (QED) is 0.785. The van der Waals surface area contributed by atoms with Gasteiger partial charge in [0.25, 0.3) is 0 Å². The first-order chi connectivity index (χ1) is 7.58. The monoisotopic (exact) mass is 222 g/mol. The van der Waals surface area contributed by atoms with Gasteiger partial charge in [-0.15, -0.1) is 0 Å². The minimum atomic E-state index is 0.165. The molecule has 1 heterocycles. The van der Waals surface area contributed by atoms with E-state index in [-0.39, 0.29) is 6.10 Å². The van der Waals surface area contributed by atoms with Gasteiger partial charge in [-0.2, -0.15) is 0 Å². The fraction of sp³-hybridized carbons (Fsp3) is 0.538. The molecular weight excluding hydrogens is 204 g/mol. The van der Waals surface area contributed by atoms with Gasteiger partial charge in [-0.25, -0.2) is 0 Å². The standard InChI is InChI=1S/C13H18O3/c1-8(2)10-5-12-13(15-7-14-12)6-11(10)16-9(3)4/h5-6,8-9H,7H2,1-4H3. The third kappa shape index (κ3) is 2.08. The van der Waals surface area contributed by atoms with Crippen molar-refractivity contribution in [1.82, 2.24) is 0 Å². The van der Waals surface area contributed by atoms with Crippen LogP contribution in [0.2, 0.25) is 0 Å². The van der Waals surface area contributed by atoms with E-state index in [1.165, 1.54) is 0 Å². The summed E-state index contributed by atoms with van der Waals surface area (Å²) in [5.74, 6) is 2.90. The van der Waals surface area contributed by atoms with Crippen LogP contribution < -0.4 is 14.2 Å². The summed E-state index contributed by atoms with van der Waals surface area (Å²) in [4.78, 5) is 0. The smallest absolute Gasteiger partial charge is 0.231 e. The van der Waals surface area contributed by atoms with Gasteiger partial charge in [0.05, 0.1) is 6.10 Å². The Balaban J connectivity index is 2.40. The molecule has 0 fully saturated rings. The minimum absolute atomic E-state index is 0.165. The first-order valence-electron chi connectivity index (χ1n) is 5.68. The lowest BCUT2D eigenvalue weighted by Crippen LogP contribution is -2.08. The van der Waals surface area contributed by atoms with Crippen LogP contribution in [0.1, 0.15) is 39.2 Å². The molecule has 0 radical (unpaired) electrons. The summed E-state index contributed by atoms with van der Waals surface area (Å²) in [6, 6.07) is 3.95. The maximum Gasteiger partial charge on any atom is 0.231 e. The third-order valence-electron chi connectivity index (χ3n) is 2.49. The maximum absolute atomic E-state index is 5.80. The van der Waals surface area contributed by atoms with Crippen molar-refractivity contribution in [1.29, 1.82) is 0 Å². The van der Waals surface area contributed by atoms with Gasteiger partial charge in [0, 0.05) is 11.6 Å². The Morgan fingerprint density at radius 3 is 2.25 bits per heavy atom. The van der Waals surface area contributed by atoms with Gasteiger partial charge in [-0.3, -0.25) is 0 Å². The Morgan fingerprint density at radius 2 is 1.69 bits per heavy atom.